The highest BCUT2D eigenvalue weighted by Crippen LogP contribution is 2.12. The van der Waals surface area contributed by atoms with E-state index in [4.69, 9.17) is 12.2 Å². The zero-order valence-electron chi connectivity index (χ0n) is 12.6. The number of thiocarbonyl (C=S) groups is 1. The van der Waals surface area contributed by atoms with Gasteiger partial charge in [-0.3, -0.25) is 4.79 Å². The van der Waals surface area contributed by atoms with Crippen molar-refractivity contribution >= 4 is 34.4 Å². The maximum absolute atomic E-state index is 11.8. The molecule has 4 heteroatoms. The first-order valence-corrected chi connectivity index (χ1v) is 7.38. The normalized spacial score (nSPS) is 10.9. The molecule has 0 radical (unpaired) electrons. The highest BCUT2D eigenvalue weighted by molar-refractivity contribution is 7.81. The van der Waals surface area contributed by atoms with E-state index in [1.807, 2.05) is 61.5 Å². The van der Waals surface area contributed by atoms with Gasteiger partial charge >= 0.3 is 0 Å². The lowest BCUT2D eigenvalue weighted by Gasteiger charge is -2.10. The average molecular weight is 310 g/mol. The zero-order chi connectivity index (χ0) is 15.9. The smallest absolute Gasteiger partial charge is 0.164 e. The maximum atomic E-state index is 11.8. The van der Waals surface area contributed by atoms with Crippen LogP contribution in [-0.4, -0.2) is 10.8 Å². The fourth-order valence-electron chi connectivity index (χ4n) is 1.85. The van der Waals surface area contributed by atoms with Crippen LogP contribution in [0.25, 0.3) is 0 Å². The molecule has 0 aliphatic carbocycles. The number of hydrogen-bond donors (Lipinski definition) is 2. The molecule has 0 saturated heterocycles. The first-order chi connectivity index (χ1) is 10.6. The molecule has 2 N–H and O–H groups in total. The predicted octanol–water partition coefficient (Wildman–Crippen LogP) is 4.32. The van der Waals surface area contributed by atoms with E-state index >= 15 is 0 Å². The Morgan fingerprint density at radius 1 is 1.00 bits per heavy atom. The third kappa shape index (κ3) is 4.53. The third-order valence-electron chi connectivity index (χ3n) is 3.09. The van der Waals surface area contributed by atoms with E-state index in [-0.39, 0.29) is 5.78 Å². The Balaban J connectivity index is 2.11. The van der Waals surface area contributed by atoms with Crippen molar-refractivity contribution in [2.24, 2.45) is 0 Å². The van der Waals surface area contributed by atoms with Crippen LogP contribution in [0.2, 0.25) is 0 Å². The Bertz CT molecular complexity index is 691. The highest BCUT2D eigenvalue weighted by Gasteiger charge is 2.10. The largest absolute Gasteiger partial charge is 0.361 e. The molecule has 0 fully saturated rings. The van der Waals surface area contributed by atoms with Gasteiger partial charge in [0.25, 0.3) is 0 Å². The number of nitrogens with one attached hydrogen (secondary N) is 2. The van der Waals surface area contributed by atoms with Crippen molar-refractivity contribution in [2.45, 2.75) is 13.8 Å². The van der Waals surface area contributed by atoms with Gasteiger partial charge < -0.3 is 10.6 Å². The molecule has 0 aromatic heterocycles. The lowest BCUT2D eigenvalue weighted by atomic mass is 10.2. The summed E-state index contributed by atoms with van der Waals surface area (Å²) in [7, 11) is 0. The van der Waals surface area contributed by atoms with E-state index in [2.05, 4.69) is 10.6 Å². The lowest BCUT2D eigenvalue weighted by molar-refractivity contribution is -0.113. The van der Waals surface area contributed by atoms with Gasteiger partial charge in [-0.05, 0) is 38.1 Å². The van der Waals surface area contributed by atoms with Gasteiger partial charge in [-0.1, -0.05) is 48.1 Å². The van der Waals surface area contributed by atoms with Crippen LogP contribution in [0, 0.1) is 6.92 Å². The zero-order valence-corrected chi connectivity index (χ0v) is 13.4. The minimum atomic E-state index is -0.0898. The topological polar surface area (TPSA) is 41.1 Å². The molecule has 2 aromatic rings. The van der Waals surface area contributed by atoms with Crippen molar-refractivity contribution in [2.75, 3.05) is 10.6 Å². The van der Waals surface area contributed by atoms with Crippen LogP contribution in [-0.2, 0) is 4.79 Å². The summed E-state index contributed by atoms with van der Waals surface area (Å²) in [6.45, 7) is 3.52. The SMILES string of the molecule is CC(=O)/C(=C\Nc1ccccc1)C(=S)Nc1ccc(C)cc1. The summed E-state index contributed by atoms with van der Waals surface area (Å²) in [6.07, 6.45) is 1.64. The molecule has 0 spiro atoms. The van der Waals surface area contributed by atoms with Crippen LogP contribution >= 0.6 is 12.2 Å². The third-order valence-corrected chi connectivity index (χ3v) is 3.41. The Labute approximate surface area is 136 Å². The molecule has 2 aromatic carbocycles. The summed E-state index contributed by atoms with van der Waals surface area (Å²) < 4.78 is 0. The van der Waals surface area contributed by atoms with Crippen molar-refractivity contribution in [1.82, 2.24) is 0 Å². The van der Waals surface area contributed by atoms with Crippen LogP contribution in [0.4, 0.5) is 11.4 Å². The lowest BCUT2D eigenvalue weighted by Crippen LogP contribution is -2.18. The molecule has 0 atom stereocenters. The molecule has 22 heavy (non-hydrogen) atoms. The van der Waals surface area contributed by atoms with E-state index in [0.717, 1.165) is 11.4 Å². The molecule has 112 valence electrons. The van der Waals surface area contributed by atoms with E-state index in [0.29, 0.717) is 10.6 Å². The molecular formula is C18H18N2OS. The number of aryl methyl sites for hydroxylation is 1. The molecule has 2 rings (SSSR count). The Hall–Kier alpha value is -2.46. The summed E-state index contributed by atoms with van der Waals surface area (Å²) in [5, 5.41) is 6.18. The molecule has 0 aliphatic rings. The minimum Gasteiger partial charge on any atom is -0.361 e. The van der Waals surface area contributed by atoms with Gasteiger partial charge in [-0.25, -0.2) is 0 Å². The summed E-state index contributed by atoms with van der Waals surface area (Å²) in [6, 6.07) is 17.5. The summed E-state index contributed by atoms with van der Waals surface area (Å²) in [5.74, 6) is -0.0898. The molecule has 3 nitrogen and oxygen atoms in total. The first-order valence-electron chi connectivity index (χ1n) is 6.97. The fraction of sp³-hybridized carbons (Fsp3) is 0.111. The molecule has 0 amide bonds. The van der Waals surface area contributed by atoms with Gasteiger partial charge in [0.15, 0.2) is 5.78 Å². The number of carbonyl (C=O) groups is 1. The highest BCUT2D eigenvalue weighted by atomic mass is 32.1. The van der Waals surface area contributed by atoms with Crippen LogP contribution in [0.1, 0.15) is 12.5 Å². The number of rotatable bonds is 5. The van der Waals surface area contributed by atoms with Gasteiger partial charge in [0.2, 0.25) is 0 Å². The number of ketones is 1. The van der Waals surface area contributed by atoms with Gasteiger partial charge in [-0.2, -0.15) is 0 Å². The average Bonchev–Trinajstić information content (AvgIpc) is 2.50. The van der Waals surface area contributed by atoms with E-state index in [1.54, 1.807) is 6.20 Å². The number of Topliss-reactive ketones (excluding diaryl/α,β-unsaturated/α-hetero) is 1. The molecule has 0 aliphatic heterocycles. The van der Waals surface area contributed by atoms with Crippen LogP contribution < -0.4 is 10.6 Å². The van der Waals surface area contributed by atoms with Gasteiger partial charge in [0, 0.05) is 17.6 Å². The second-order valence-electron chi connectivity index (χ2n) is 4.94. The predicted molar refractivity (Wildman–Crippen MR) is 96.2 cm³/mol. The van der Waals surface area contributed by atoms with Gasteiger partial charge in [0.05, 0.1) is 5.57 Å². The van der Waals surface area contributed by atoms with Crippen LogP contribution in [0.15, 0.2) is 66.4 Å². The van der Waals surface area contributed by atoms with Crippen LogP contribution in [0.3, 0.4) is 0 Å². The second kappa shape index (κ2) is 7.52. The van der Waals surface area contributed by atoms with Crippen molar-refractivity contribution in [3.8, 4) is 0 Å². The van der Waals surface area contributed by atoms with Crippen molar-refractivity contribution in [3.63, 3.8) is 0 Å². The first kappa shape index (κ1) is 15.9. The monoisotopic (exact) mass is 310 g/mol. The molecule has 0 bridgehead atoms. The molecule has 0 unspecified atom stereocenters. The number of para-hydroxylation sites is 1. The van der Waals surface area contributed by atoms with Crippen molar-refractivity contribution in [1.29, 1.82) is 0 Å². The molecule has 0 heterocycles. The Morgan fingerprint density at radius 2 is 1.64 bits per heavy atom. The van der Waals surface area contributed by atoms with E-state index in [1.165, 1.54) is 12.5 Å². The van der Waals surface area contributed by atoms with Gasteiger partial charge in [-0.15, -0.1) is 0 Å². The summed E-state index contributed by atoms with van der Waals surface area (Å²) in [5.41, 5.74) is 3.38. The second-order valence-corrected chi connectivity index (χ2v) is 5.35. The number of benzene rings is 2. The van der Waals surface area contributed by atoms with Crippen molar-refractivity contribution < 1.29 is 4.79 Å². The standard InChI is InChI=1S/C18H18N2OS/c1-13-8-10-16(11-9-13)20-18(22)17(14(2)21)12-19-15-6-4-3-5-7-15/h3-12,19H,1-2H3,(H,20,22)/b17-12+. The van der Waals surface area contributed by atoms with E-state index < -0.39 is 0 Å². The summed E-state index contributed by atoms with van der Waals surface area (Å²) in [4.78, 5) is 12.2. The number of hydrogen-bond acceptors (Lipinski definition) is 3. The Morgan fingerprint density at radius 3 is 2.23 bits per heavy atom. The number of anilines is 2. The summed E-state index contributed by atoms with van der Waals surface area (Å²) >= 11 is 5.34. The maximum Gasteiger partial charge on any atom is 0.164 e. The Kier molecular flexibility index (Phi) is 5.44. The fourth-order valence-corrected chi connectivity index (χ4v) is 2.17. The van der Waals surface area contributed by atoms with Crippen molar-refractivity contribution in [3.05, 3.63) is 71.9 Å². The van der Waals surface area contributed by atoms with Crippen LogP contribution in [0.5, 0.6) is 0 Å². The quantitative estimate of drug-likeness (QED) is 0.637. The number of carbonyl (C=O) groups excluding carboxylic acids is 1. The molecular weight excluding hydrogens is 292 g/mol. The minimum absolute atomic E-state index is 0.0898. The molecule has 0 saturated carbocycles. The van der Waals surface area contributed by atoms with E-state index in [9.17, 15) is 4.79 Å². The van der Waals surface area contributed by atoms with Gasteiger partial charge in [0.1, 0.15) is 4.99 Å².